The van der Waals surface area contributed by atoms with Gasteiger partial charge in [-0.3, -0.25) is 4.79 Å². The van der Waals surface area contributed by atoms with Crippen LogP contribution in [0, 0.1) is 6.92 Å². The van der Waals surface area contributed by atoms with Gasteiger partial charge < -0.3 is 18.9 Å². The molecule has 7 nitrogen and oxygen atoms in total. The van der Waals surface area contributed by atoms with Crippen molar-refractivity contribution in [1.82, 2.24) is 9.97 Å². The molecule has 136 valence electrons. The number of hydrogen-bond acceptors (Lipinski definition) is 6. The molecule has 0 amide bonds. The van der Waals surface area contributed by atoms with Gasteiger partial charge >= 0.3 is 5.97 Å². The predicted molar refractivity (Wildman–Crippen MR) is 96.1 cm³/mol. The molecular formula is C17H14Cl2N2O5. The lowest BCUT2D eigenvalue weighted by molar-refractivity contribution is 0.0526. The smallest absolute Gasteiger partial charge is 0.342 e. The summed E-state index contributed by atoms with van der Waals surface area (Å²) in [4.78, 5) is 31.2. The van der Waals surface area contributed by atoms with Crippen molar-refractivity contribution < 1.29 is 18.7 Å². The van der Waals surface area contributed by atoms with Crippen molar-refractivity contribution in [2.24, 2.45) is 0 Å². The van der Waals surface area contributed by atoms with Gasteiger partial charge in [-0.05, 0) is 26.0 Å². The van der Waals surface area contributed by atoms with Crippen LogP contribution < -0.4 is 10.3 Å². The maximum absolute atomic E-state index is 12.4. The first kappa shape index (κ1) is 18.3. The second kappa shape index (κ2) is 7.39. The molecule has 0 bridgehead atoms. The fourth-order valence-electron chi connectivity index (χ4n) is 2.41. The lowest BCUT2D eigenvalue weighted by atomic mass is 10.2. The lowest BCUT2D eigenvalue weighted by Crippen LogP contribution is -2.16. The van der Waals surface area contributed by atoms with Gasteiger partial charge in [-0.2, -0.15) is 4.98 Å². The molecule has 0 aliphatic carbocycles. The van der Waals surface area contributed by atoms with Gasteiger partial charge in [0.1, 0.15) is 29.1 Å². The normalized spacial score (nSPS) is 10.9. The summed E-state index contributed by atoms with van der Waals surface area (Å²) >= 11 is 11.9. The Kier molecular flexibility index (Phi) is 5.20. The second-order valence-corrected chi connectivity index (χ2v) is 6.15. The number of aromatic nitrogens is 2. The third-order valence-electron chi connectivity index (χ3n) is 3.52. The van der Waals surface area contributed by atoms with Crippen LogP contribution in [0.25, 0.3) is 11.1 Å². The van der Waals surface area contributed by atoms with Crippen molar-refractivity contribution >= 4 is 40.3 Å². The minimum atomic E-state index is -0.634. The SMILES string of the molecule is CCOC(=O)c1c(C)oc2nc(COc3cc(Cl)ccc3Cl)[nH]c(=O)c12. The molecule has 9 heteroatoms. The number of aryl methyl sites for hydroxylation is 1. The van der Waals surface area contributed by atoms with Crippen LogP contribution in [0.4, 0.5) is 0 Å². The first-order valence-corrected chi connectivity index (χ1v) is 8.43. The molecule has 0 fully saturated rings. The highest BCUT2D eigenvalue weighted by atomic mass is 35.5. The van der Waals surface area contributed by atoms with Crippen LogP contribution in [0.5, 0.6) is 5.75 Å². The van der Waals surface area contributed by atoms with E-state index in [0.717, 1.165) is 0 Å². The summed E-state index contributed by atoms with van der Waals surface area (Å²) in [5, 5.41) is 0.879. The highest BCUT2D eigenvalue weighted by Gasteiger charge is 2.23. The summed E-state index contributed by atoms with van der Waals surface area (Å²) in [7, 11) is 0. The predicted octanol–water partition coefficient (Wildman–Crippen LogP) is 3.89. The Bertz CT molecular complexity index is 1040. The van der Waals surface area contributed by atoms with Crippen LogP contribution in [0.15, 0.2) is 27.4 Å². The average molecular weight is 397 g/mol. The van der Waals surface area contributed by atoms with E-state index in [9.17, 15) is 9.59 Å². The van der Waals surface area contributed by atoms with Gasteiger partial charge in [-0.25, -0.2) is 4.79 Å². The molecule has 0 aliphatic heterocycles. The molecule has 2 aromatic heterocycles. The molecule has 0 unspecified atom stereocenters. The molecule has 3 rings (SSSR count). The maximum Gasteiger partial charge on any atom is 0.342 e. The average Bonchev–Trinajstić information content (AvgIpc) is 2.92. The number of carbonyl (C=O) groups is 1. The van der Waals surface area contributed by atoms with Crippen LogP contribution in [0.3, 0.4) is 0 Å². The molecule has 3 aromatic rings. The zero-order valence-electron chi connectivity index (χ0n) is 13.9. The fourth-order valence-corrected chi connectivity index (χ4v) is 2.75. The third-order valence-corrected chi connectivity index (χ3v) is 4.07. The van der Waals surface area contributed by atoms with Gasteiger partial charge in [-0.15, -0.1) is 0 Å². The van der Waals surface area contributed by atoms with Gasteiger partial charge in [0, 0.05) is 11.1 Å². The van der Waals surface area contributed by atoms with E-state index >= 15 is 0 Å². The first-order chi connectivity index (χ1) is 12.4. The summed E-state index contributed by atoms with van der Waals surface area (Å²) in [6, 6.07) is 4.78. The molecule has 26 heavy (non-hydrogen) atoms. The molecular weight excluding hydrogens is 383 g/mol. The number of fused-ring (bicyclic) bond motifs is 1. The van der Waals surface area contributed by atoms with Crippen LogP contribution in [-0.2, 0) is 11.3 Å². The Balaban J connectivity index is 1.93. The van der Waals surface area contributed by atoms with E-state index in [1.165, 1.54) is 0 Å². The van der Waals surface area contributed by atoms with Crippen molar-refractivity contribution in [2.75, 3.05) is 6.61 Å². The molecule has 0 spiro atoms. The number of nitrogens with zero attached hydrogens (tertiary/aromatic N) is 1. The zero-order valence-corrected chi connectivity index (χ0v) is 15.4. The number of benzene rings is 1. The quantitative estimate of drug-likeness (QED) is 0.657. The standard InChI is InChI=1S/C17H14Cl2N2O5/c1-3-24-17(23)13-8(2)26-16-14(13)15(22)20-12(21-16)7-25-11-6-9(18)4-5-10(11)19/h4-6H,3,7H2,1-2H3,(H,20,21,22). The summed E-state index contributed by atoms with van der Waals surface area (Å²) in [5.41, 5.74) is -0.420. The number of furan rings is 1. The number of hydrogen-bond donors (Lipinski definition) is 1. The van der Waals surface area contributed by atoms with Crippen LogP contribution >= 0.6 is 23.2 Å². The van der Waals surface area contributed by atoms with Gasteiger partial charge in [-0.1, -0.05) is 23.2 Å². The summed E-state index contributed by atoms with van der Waals surface area (Å²) in [6.45, 7) is 3.35. The molecule has 0 aliphatic rings. The summed E-state index contributed by atoms with van der Waals surface area (Å²) in [6.07, 6.45) is 0. The van der Waals surface area contributed by atoms with Crippen LogP contribution in [0.1, 0.15) is 28.9 Å². The maximum atomic E-state index is 12.4. The number of ether oxygens (including phenoxy) is 2. The second-order valence-electron chi connectivity index (χ2n) is 5.31. The number of rotatable bonds is 5. The van der Waals surface area contributed by atoms with Gasteiger partial charge in [0.2, 0.25) is 5.71 Å². The molecule has 1 aromatic carbocycles. The Hall–Kier alpha value is -2.51. The van der Waals surface area contributed by atoms with Crippen molar-refractivity contribution in [3.05, 3.63) is 55.7 Å². The summed E-state index contributed by atoms with van der Waals surface area (Å²) in [5.74, 6) is 0.186. The number of nitrogens with one attached hydrogen (secondary N) is 1. The Morgan fingerprint density at radius 3 is 2.85 bits per heavy atom. The van der Waals surface area contributed by atoms with E-state index in [1.54, 1.807) is 32.0 Å². The Morgan fingerprint density at radius 2 is 2.12 bits per heavy atom. The fraction of sp³-hybridized carbons (Fsp3) is 0.235. The minimum Gasteiger partial charge on any atom is -0.484 e. The van der Waals surface area contributed by atoms with Gasteiger partial charge in [0.15, 0.2) is 5.82 Å². The number of esters is 1. The van der Waals surface area contributed by atoms with Crippen molar-refractivity contribution in [2.45, 2.75) is 20.5 Å². The van der Waals surface area contributed by atoms with Crippen molar-refractivity contribution in [1.29, 1.82) is 0 Å². The van der Waals surface area contributed by atoms with Gasteiger partial charge in [0.05, 0.1) is 11.6 Å². The Morgan fingerprint density at radius 1 is 1.35 bits per heavy atom. The summed E-state index contributed by atoms with van der Waals surface area (Å²) < 4.78 is 16.0. The molecule has 1 N–H and O–H groups in total. The van der Waals surface area contributed by atoms with E-state index in [-0.39, 0.29) is 41.5 Å². The molecule has 0 saturated carbocycles. The number of halogens is 2. The molecule has 0 radical (unpaired) electrons. The lowest BCUT2D eigenvalue weighted by Gasteiger charge is -2.07. The highest BCUT2D eigenvalue weighted by Crippen LogP contribution is 2.28. The topological polar surface area (TPSA) is 94.4 Å². The van der Waals surface area contributed by atoms with Crippen LogP contribution in [-0.4, -0.2) is 22.5 Å². The third kappa shape index (κ3) is 3.54. The van der Waals surface area contributed by atoms with Crippen molar-refractivity contribution in [3.63, 3.8) is 0 Å². The van der Waals surface area contributed by atoms with E-state index in [0.29, 0.717) is 15.8 Å². The monoisotopic (exact) mass is 396 g/mol. The molecule has 0 atom stereocenters. The van der Waals surface area contributed by atoms with E-state index in [1.807, 2.05) is 0 Å². The Labute approximate surface area is 157 Å². The highest BCUT2D eigenvalue weighted by molar-refractivity contribution is 6.34. The minimum absolute atomic E-state index is 0.0325. The molecule has 0 saturated heterocycles. The van der Waals surface area contributed by atoms with Crippen molar-refractivity contribution in [3.8, 4) is 5.75 Å². The largest absolute Gasteiger partial charge is 0.484 e. The molecule has 2 heterocycles. The number of aromatic amines is 1. The van der Waals surface area contributed by atoms with Crippen LogP contribution in [0.2, 0.25) is 10.0 Å². The number of H-pyrrole nitrogens is 1. The number of carbonyl (C=O) groups excluding carboxylic acids is 1. The zero-order chi connectivity index (χ0) is 18.8. The van der Waals surface area contributed by atoms with E-state index in [4.69, 9.17) is 37.1 Å². The van der Waals surface area contributed by atoms with Gasteiger partial charge in [0.25, 0.3) is 5.56 Å². The first-order valence-electron chi connectivity index (χ1n) is 7.68. The van der Waals surface area contributed by atoms with E-state index < -0.39 is 11.5 Å². The van der Waals surface area contributed by atoms with E-state index in [2.05, 4.69) is 9.97 Å².